The normalized spacial score (nSPS) is 32.5. The quantitative estimate of drug-likeness (QED) is 0.785. The van der Waals surface area contributed by atoms with E-state index >= 15 is 0 Å². The van der Waals surface area contributed by atoms with Crippen molar-refractivity contribution in [2.45, 2.75) is 50.3 Å². The van der Waals surface area contributed by atoms with Gasteiger partial charge in [0.2, 0.25) is 0 Å². The minimum atomic E-state index is -0.411. The molecule has 2 bridgehead atoms. The molecule has 0 spiro atoms. The van der Waals surface area contributed by atoms with Gasteiger partial charge in [0.05, 0.1) is 0 Å². The van der Waals surface area contributed by atoms with Crippen molar-refractivity contribution in [3.63, 3.8) is 0 Å². The predicted octanol–water partition coefficient (Wildman–Crippen LogP) is 3.12. The number of benzene rings is 1. The summed E-state index contributed by atoms with van der Waals surface area (Å²) in [6.07, 6.45) is 4.28. The number of halogens is 1. The monoisotopic (exact) mass is 295 g/mol. The molecule has 2 fully saturated rings. The summed E-state index contributed by atoms with van der Waals surface area (Å²) in [5, 5.41) is 0. The van der Waals surface area contributed by atoms with Crippen LogP contribution in [-0.4, -0.2) is 30.0 Å². The fraction of sp³-hybridized carbons (Fsp3) is 0.562. The zero-order valence-electron chi connectivity index (χ0n) is 12.0. The molecule has 3 atom stereocenters. The van der Waals surface area contributed by atoms with Crippen LogP contribution in [-0.2, 0) is 15.1 Å². The number of piperidine rings is 1. The molecule has 1 aromatic rings. The molecule has 2 aliphatic rings. The SMILES string of the molecule is CC(=O)OC1(c2ccccc2)C[C@H]2CC[C@@H](C1)N2C.Cl. The highest BCUT2D eigenvalue weighted by molar-refractivity contribution is 5.85. The number of ether oxygens (including phenoxy) is 1. The van der Waals surface area contributed by atoms with Gasteiger partial charge >= 0.3 is 5.97 Å². The van der Waals surface area contributed by atoms with Gasteiger partial charge in [-0.1, -0.05) is 30.3 Å². The number of rotatable bonds is 2. The molecule has 20 heavy (non-hydrogen) atoms. The minimum Gasteiger partial charge on any atom is -0.454 e. The van der Waals surface area contributed by atoms with E-state index in [1.165, 1.54) is 19.8 Å². The topological polar surface area (TPSA) is 29.5 Å². The van der Waals surface area contributed by atoms with Crippen molar-refractivity contribution >= 4 is 18.4 Å². The van der Waals surface area contributed by atoms with Crippen LogP contribution in [0.3, 0.4) is 0 Å². The summed E-state index contributed by atoms with van der Waals surface area (Å²) < 4.78 is 5.83. The van der Waals surface area contributed by atoms with Crippen molar-refractivity contribution in [2.75, 3.05) is 7.05 Å². The second kappa shape index (κ2) is 5.74. The Hall–Kier alpha value is -1.06. The summed E-state index contributed by atoms with van der Waals surface area (Å²) in [5.74, 6) is -0.173. The Kier molecular flexibility index (Phi) is 4.40. The maximum atomic E-state index is 11.6. The molecule has 0 N–H and O–H groups in total. The Morgan fingerprint density at radius 3 is 2.25 bits per heavy atom. The summed E-state index contributed by atoms with van der Waals surface area (Å²) >= 11 is 0. The lowest BCUT2D eigenvalue weighted by molar-refractivity contribution is -0.167. The second-order valence-electron chi connectivity index (χ2n) is 5.91. The first-order chi connectivity index (χ1) is 9.11. The number of esters is 1. The molecule has 110 valence electrons. The van der Waals surface area contributed by atoms with Gasteiger partial charge in [-0.25, -0.2) is 0 Å². The van der Waals surface area contributed by atoms with Crippen LogP contribution in [0.25, 0.3) is 0 Å². The molecule has 0 aromatic heterocycles. The maximum Gasteiger partial charge on any atom is 0.303 e. The van der Waals surface area contributed by atoms with Crippen LogP contribution in [0.15, 0.2) is 30.3 Å². The summed E-state index contributed by atoms with van der Waals surface area (Å²) in [5.41, 5.74) is 0.737. The van der Waals surface area contributed by atoms with E-state index < -0.39 is 5.60 Å². The van der Waals surface area contributed by atoms with Gasteiger partial charge < -0.3 is 9.64 Å². The maximum absolute atomic E-state index is 11.6. The minimum absolute atomic E-state index is 0. The van der Waals surface area contributed by atoms with E-state index in [9.17, 15) is 4.79 Å². The van der Waals surface area contributed by atoms with E-state index in [4.69, 9.17) is 4.74 Å². The molecule has 0 saturated carbocycles. The van der Waals surface area contributed by atoms with Crippen molar-refractivity contribution in [3.8, 4) is 0 Å². The number of hydrogen-bond donors (Lipinski definition) is 0. The summed E-state index contributed by atoms with van der Waals surface area (Å²) in [6, 6.07) is 11.3. The van der Waals surface area contributed by atoms with Gasteiger partial charge in [0, 0.05) is 31.8 Å². The first-order valence-electron chi connectivity index (χ1n) is 7.08. The van der Waals surface area contributed by atoms with Crippen molar-refractivity contribution < 1.29 is 9.53 Å². The van der Waals surface area contributed by atoms with Crippen LogP contribution < -0.4 is 0 Å². The van der Waals surface area contributed by atoms with Crippen LogP contribution >= 0.6 is 12.4 Å². The van der Waals surface area contributed by atoms with Crippen LogP contribution in [0.1, 0.15) is 38.2 Å². The lowest BCUT2D eigenvalue weighted by Gasteiger charge is -2.44. The van der Waals surface area contributed by atoms with Gasteiger partial charge in [-0.05, 0) is 25.5 Å². The fourth-order valence-electron chi connectivity index (χ4n) is 3.82. The highest BCUT2D eigenvalue weighted by Crippen LogP contribution is 2.47. The zero-order chi connectivity index (χ0) is 13.5. The van der Waals surface area contributed by atoms with Crippen molar-refractivity contribution in [1.29, 1.82) is 0 Å². The van der Waals surface area contributed by atoms with Gasteiger partial charge in [0.15, 0.2) is 0 Å². The van der Waals surface area contributed by atoms with E-state index in [1.807, 2.05) is 18.2 Å². The van der Waals surface area contributed by atoms with E-state index in [-0.39, 0.29) is 18.4 Å². The van der Waals surface area contributed by atoms with Crippen LogP contribution in [0.2, 0.25) is 0 Å². The predicted molar refractivity (Wildman–Crippen MR) is 80.9 cm³/mol. The highest BCUT2D eigenvalue weighted by atomic mass is 35.5. The fourth-order valence-corrected chi connectivity index (χ4v) is 3.82. The van der Waals surface area contributed by atoms with Gasteiger partial charge in [-0.3, -0.25) is 4.79 Å². The van der Waals surface area contributed by atoms with Crippen LogP contribution in [0.4, 0.5) is 0 Å². The number of nitrogens with zero attached hydrogens (tertiary/aromatic N) is 1. The Balaban J connectivity index is 0.00000147. The Labute approximate surface area is 126 Å². The molecule has 1 unspecified atom stereocenters. The third-order valence-corrected chi connectivity index (χ3v) is 4.75. The number of carbonyl (C=O) groups excluding carboxylic acids is 1. The Morgan fingerprint density at radius 2 is 1.75 bits per heavy atom. The molecular formula is C16H22ClNO2. The molecule has 0 radical (unpaired) electrons. The number of fused-ring (bicyclic) bond motifs is 2. The molecule has 4 heteroatoms. The third kappa shape index (κ3) is 2.57. The van der Waals surface area contributed by atoms with E-state index in [1.54, 1.807) is 0 Å². The van der Waals surface area contributed by atoms with E-state index in [2.05, 4.69) is 24.1 Å². The summed E-state index contributed by atoms with van der Waals surface area (Å²) in [6.45, 7) is 1.52. The smallest absolute Gasteiger partial charge is 0.303 e. The highest BCUT2D eigenvalue weighted by Gasteiger charge is 2.49. The van der Waals surface area contributed by atoms with Crippen molar-refractivity contribution in [2.24, 2.45) is 0 Å². The second-order valence-corrected chi connectivity index (χ2v) is 5.91. The van der Waals surface area contributed by atoms with Crippen molar-refractivity contribution in [1.82, 2.24) is 4.90 Å². The van der Waals surface area contributed by atoms with Crippen molar-refractivity contribution in [3.05, 3.63) is 35.9 Å². The van der Waals surface area contributed by atoms with Gasteiger partial charge in [-0.2, -0.15) is 0 Å². The Morgan fingerprint density at radius 1 is 1.20 bits per heavy atom. The van der Waals surface area contributed by atoms with Gasteiger partial charge in [0.1, 0.15) is 5.60 Å². The summed E-state index contributed by atoms with van der Waals surface area (Å²) in [4.78, 5) is 14.0. The molecule has 2 heterocycles. The lowest BCUT2D eigenvalue weighted by atomic mass is 9.80. The molecule has 0 aliphatic carbocycles. The average Bonchev–Trinajstić information content (AvgIpc) is 2.63. The van der Waals surface area contributed by atoms with Gasteiger partial charge in [-0.15, -0.1) is 12.4 Å². The third-order valence-electron chi connectivity index (χ3n) is 4.75. The molecule has 2 aliphatic heterocycles. The lowest BCUT2D eigenvalue weighted by Crippen LogP contribution is -2.49. The molecule has 3 nitrogen and oxygen atoms in total. The average molecular weight is 296 g/mol. The van der Waals surface area contributed by atoms with Crippen LogP contribution in [0.5, 0.6) is 0 Å². The first kappa shape index (κ1) is 15.3. The largest absolute Gasteiger partial charge is 0.454 e. The molecule has 2 saturated heterocycles. The molecule has 3 rings (SSSR count). The van der Waals surface area contributed by atoms with Gasteiger partial charge in [0.25, 0.3) is 0 Å². The zero-order valence-corrected chi connectivity index (χ0v) is 12.9. The Bertz CT molecular complexity index is 463. The molecular weight excluding hydrogens is 274 g/mol. The first-order valence-corrected chi connectivity index (χ1v) is 7.08. The molecule has 0 amide bonds. The molecule has 1 aromatic carbocycles. The summed E-state index contributed by atoms with van der Waals surface area (Å²) in [7, 11) is 2.20. The van der Waals surface area contributed by atoms with Crippen LogP contribution in [0, 0.1) is 0 Å². The number of carbonyl (C=O) groups is 1. The van der Waals surface area contributed by atoms with E-state index in [0.29, 0.717) is 12.1 Å². The van der Waals surface area contributed by atoms with E-state index in [0.717, 1.165) is 18.4 Å². The standard InChI is InChI=1S/C16H21NO2.ClH/c1-12(18)19-16(13-6-4-3-5-7-13)10-14-8-9-15(11-16)17(14)2;/h3-7,14-15H,8-11H2,1-2H3;1H/t14-,15+,16?;. The number of hydrogen-bond acceptors (Lipinski definition) is 3.